The number of hydrogen-bond donors (Lipinski definition) is 2. The van der Waals surface area contributed by atoms with Crippen molar-refractivity contribution in [2.75, 3.05) is 20.2 Å². The van der Waals surface area contributed by atoms with Gasteiger partial charge in [-0.05, 0) is 30.4 Å². The van der Waals surface area contributed by atoms with E-state index >= 15 is 0 Å². The van der Waals surface area contributed by atoms with Crippen molar-refractivity contribution in [1.29, 1.82) is 0 Å². The highest BCUT2D eigenvalue weighted by atomic mass is 32.1. The molecule has 0 saturated carbocycles. The number of hydrogen-bond acceptors (Lipinski definition) is 3. The molecule has 1 saturated heterocycles. The lowest BCUT2D eigenvalue weighted by atomic mass is 9.95. The van der Waals surface area contributed by atoms with E-state index in [1.165, 1.54) is 10.4 Å². The smallest absolute Gasteiger partial charge is 0.191 e. The monoisotopic (exact) mass is 343 g/mol. The van der Waals surface area contributed by atoms with E-state index in [4.69, 9.17) is 4.74 Å². The highest BCUT2D eigenvalue weighted by Crippen LogP contribution is 2.33. The van der Waals surface area contributed by atoms with Gasteiger partial charge in [-0.3, -0.25) is 4.99 Å². The van der Waals surface area contributed by atoms with Crippen LogP contribution in [0.2, 0.25) is 0 Å². The molecule has 128 valence electrons. The van der Waals surface area contributed by atoms with Crippen LogP contribution >= 0.6 is 11.3 Å². The Labute approximate surface area is 148 Å². The summed E-state index contributed by atoms with van der Waals surface area (Å²) >= 11 is 1.76. The number of guanidine groups is 1. The molecule has 0 aliphatic carbocycles. The average Bonchev–Trinajstić information content (AvgIpc) is 3.30. The standard InChI is InChI=1S/C19H25N3OS/c1-14(17-9-6-12-24-17)22-19(20-2)21-13-16-10-11-23-18(16)15-7-4-3-5-8-15/h3-9,12,14,16,18H,10-11,13H2,1-2H3,(H2,20,21,22). The van der Waals surface area contributed by atoms with Gasteiger partial charge in [0.1, 0.15) is 0 Å². The van der Waals surface area contributed by atoms with Gasteiger partial charge in [-0.25, -0.2) is 0 Å². The Balaban J connectivity index is 1.55. The van der Waals surface area contributed by atoms with Crippen molar-refractivity contribution in [3.05, 3.63) is 58.3 Å². The van der Waals surface area contributed by atoms with E-state index in [9.17, 15) is 0 Å². The molecule has 0 radical (unpaired) electrons. The fourth-order valence-corrected chi connectivity index (χ4v) is 3.82. The molecule has 4 nitrogen and oxygen atoms in total. The number of nitrogens with one attached hydrogen (secondary N) is 2. The third-order valence-corrected chi connectivity index (χ3v) is 5.48. The summed E-state index contributed by atoms with van der Waals surface area (Å²) < 4.78 is 5.96. The Morgan fingerprint density at radius 1 is 1.29 bits per heavy atom. The second-order valence-electron chi connectivity index (χ2n) is 6.09. The Morgan fingerprint density at radius 3 is 2.83 bits per heavy atom. The fourth-order valence-electron chi connectivity index (χ4n) is 3.09. The van der Waals surface area contributed by atoms with Crippen molar-refractivity contribution in [1.82, 2.24) is 10.6 Å². The van der Waals surface area contributed by atoms with Gasteiger partial charge in [0.05, 0.1) is 12.1 Å². The Bertz CT molecular complexity index is 642. The van der Waals surface area contributed by atoms with E-state index in [1.807, 2.05) is 13.1 Å². The lowest BCUT2D eigenvalue weighted by Gasteiger charge is -2.22. The van der Waals surface area contributed by atoms with Crippen LogP contribution in [0, 0.1) is 5.92 Å². The molecule has 3 rings (SSSR count). The van der Waals surface area contributed by atoms with Gasteiger partial charge in [-0.2, -0.15) is 0 Å². The van der Waals surface area contributed by atoms with E-state index in [2.05, 4.69) is 64.3 Å². The molecule has 1 aromatic carbocycles. The molecule has 1 fully saturated rings. The molecule has 0 amide bonds. The Hall–Kier alpha value is -1.85. The minimum Gasteiger partial charge on any atom is -0.373 e. The van der Waals surface area contributed by atoms with Gasteiger partial charge in [0.2, 0.25) is 0 Å². The highest BCUT2D eigenvalue weighted by Gasteiger charge is 2.29. The van der Waals surface area contributed by atoms with Crippen molar-refractivity contribution in [3.63, 3.8) is 0 Å². The molecule has 1 aliphatic rings. The Morgan fingerprint density at radius 2 is 2.12 bits per heavy atom. The third kappa shape index (κ3) is 4.16. The summed E-state index contributed by atoms with van der Waals surface area (Å²) in [5.74, 6) is 1.30. The summed E-state index contributed by atoms with van der Waals surface area (Å²) in [5, 5.41) is 9.02. The van der Waals surface area contributed by atoms with Crippen LogP contribution in [0.25, 0.3) is 0 Å². The molecule has 5 heteroatoms. The first-order valence-electron chi connectivity index (χ1n) is 8.45. The van der Waals surface area contributed by atoms with Crippen LogP contribution in [-0.4, -0.2) is 26.2 Å². The molecule has 2 heterocycles. The van der Waals surface area contributed by atoms with Crippen LogP contribution in [0.1, 0.15) is 35.9 Å². The summed E-state index contributed by atoms with van der Waals surface area (Å²) in [5.41, 5.74) is 1.26. The normalized spacial score (nSPS) is 22.3. The molecule has 2 aromatic rings. The summed E-state index contributed by atoms with van der Waals surface area (Å²) in [7, 11) is 1.82. The van der Waals surface area contributed by atoms with Crippen LogP contribution in [0.15, 0.2) is 52.8 Å². The van der Waals surface area contributed by atoms with Gasteiger partial charge in [0, 0.05) is 31.0 Å². The number of thiophene rings is 1. The quantitative estimate of drug-likeness (QED) is 0.642. The van der Waals surface area contributed by atoms with Crippen LogP contribution in [0.3, 0.4) is 0 Å². The summed E-state index contributed by atoms with van der Waals surface area (Å²) in [6.45, 7) is 3.84. The van der Waals surface area contributed by atoms with Crippen molar-refractivity contribution >= 4 is 17.3 Å². The maximum absolute atomic E-state index is 5.96. The van der Waals surface area contributed by atoms with Crippen molar-refractivity contribution in [2.24, 2.45) is 10.9 Å². The van der Waals surface area contributed by atoms with Gasteiger partial charge in [0.25, 0.3) is 0 Å². The topological polar surface area (TPSA) is 45.7 Å². The SMILES string of the molecule is CN=C(NCC1CCOC1c1ccccc1)NC(C)c1cccs1. The maximum Gasteiger partial charge on any atom is 0.191 e. The van der Waals surface area contributed by atoms with Gasteiger partial charge in [0.15, 0.2) is 5.96 Å². The van der Waals surface area contributed by atoms with E-state index in [0.29, 0.717) is 5.92 Å². The van der Waals surface area contributed by atoms with Crippen LogP contribution < -0.4 is 10.6 Å². The number of aliphatic imine (C=N–C) groups is 1. The zero-order valence-corrected chi connectivity index (χ0v) is 15.1. The Kier molecular flexibility index (Phi) is 5.88. The minimum atomic E-state index is 0.173. The van der Waals surface area contributed by atoms with Crippen molar-refractivity contribution in [3.8, 4) is 0 Å². The summed E-state index contributed by atoms with van der Waals surface area (Å²) in [6.07, 6.45) is 1.25. The van der Waals surface area contributed by atoms with Gasteiger partial charge >= 0.3 is 0 Å². The van der Waals surface area contributed by atoms with E-state index in [1.54, 1.807) is 11.3 Å². The highest BCUT2D eigenvalue weighted by molar-refractivity contribution is 7.10. The molecule has 24 heavy (non-hydrogen) atoms. The first-order valence-corrected chi connectivity index (χ1v) is 9.33. The molecule has 3 unspecified atom stereocenters. The van der Waals surface area contributed by atoms with Gasteiger partial charge < -0.3 is 15.4 Å². The van der Waals surface area contributed by atoms with Crippen LogP contribution in [0.5, 0.6) is 0 Å². The molecule has 1 aliphatic heterocycles. The van der Waals surface area contributed by atoms with E-state index in [0.717, 1.165) is 25.5 Å². The molecular weight excluding hydrogens is 318 g/mol. The van der Waals surface area contributed by atoms with Crippen molar-refractivity contribution in [2.45, 2.75) is 25.5 Å². The average molecular weight is 343 g/mol. The largest absolute Gasteiger partial charge is 0.373 e. The lowest BCUT2D eigenvalue weighted by molar-refractivity contribution is 0.0915. The maximum atomic E-state index is 5.96. The predicted octanol–water partition coefficient (Wildman–Crippen LogP) is 3.75. The molecule has 0 bridgehead atoms. The zero-order valence-electron chi connectivity index (χ0n) is 14.2. The lowest BCUT2D eigenvalue weighted by Crippen LogP contribution is -2.41. The van der Waals surface area contributed by atoms with Crippen LogP contribution in [-0.2, 0) is 4.74 Å². The number of ether oxygens (including phenoxy) is 1. The minimum absolute atomic E-state index is 0.173. The summed E-state index contributed by atoms with van der Waals surface area (Å²) in [6, 6.07) is 15.0. The van der Waals surface area contributed by atoms with Gasteiger partial charge in [-0.15, -0.1) is 11.3 Å². The zero-order chi connectivity index (χ0) is 16.8. The fraction of sp³-hybridized carbons (Fsp3) is 0.421. The summed E-state index contributed by atoms with van der Waals surface area (Å²) in [4.78, 5) is 5.66. The third-order valence-electron chi connectivity index (χ3n) is 4.42. The first-order chi connectivity index (χ1) is 11.8. The van der Waals surface area contributed by atoms with Crippen LogP contribution in [0.4, 0.5) is 0 Å². The molecule has 2 N–H and O–H groups in total. The number of nitrogens with zero attached hydrogens (tertiary/aromatic N) is 1. The van der Waals surface area contributed by atoms with Gasteiger partial charge in [-0.1, -0.05) is 36.4 Å². The number of benzene rings is 1. The molecular formula is C19H25N3OS. The van der Waals surface area contributed by atoms with Crippen molar-refractivity contribution < 1.29 is 4.74 Å². The number of rotatable bonds is 5. The first kappa shape index (κ1) is 17.0. The van der Waals surface area contributed by atoms with E-state index in [-0.39, 0.29) is 12.1 Å². The molecule has 0 spiro atoms. The second kappa shape index (κ2) is 8.31. The molecule has 1 aromatic heterocycles. The van der Waals surface area contributed by atoms with E-state index < -0.39 is 0 Å². The predicted molar refractivity (Wildman–Crippen MR) is 100 cm³/mol. The molecule has 3 atom stereocenters. The second-order valence-corrected chi connectivity index (χ2v) is 7.06.